The Hall–Kier alpha value is -2.53. The zero-order valence-electron chi connectivity index (χ0n) is 14.5. The molecule has 1 N–H and O–H groups in total. The maximum atomic E-state index is 12.5. The highest BCUT2D eigenvalue weighted by molar-refractivity contribution is 6.43. The molecule has 0 saturated heterocycles. The predicted molar refractivity (Wildman–Crippen MR) is 114 cm³/mol. The van der Waals surface area contributed by atoms with E-state index in [1.807, 2.05) is 12.1 Å². The summed E-state index contributed by atoms with van der Waals surface area (Å²) in [6.45, 7) is 0.308. The quantitative estimate of drug-likeness (QED) is 0.383. The Kier molecular flexibility index (Phi) is 6.93. The standard InChI is InChI=1S/C21H15Cl3N2O2/c22-16-10-8-14(9-11-16)13-28-19-7-2-1-5-17(19)21(27)26-25-12-15-4-3-6-18(23)20(15)24/h1-12H,13H2,(H,26,27)/b25-12-. The molecule has 0 aliphatic carbocycles. The lowest BCUT2D eigenvalue weighted by atomic mass is 10.2. The van der Waals surface area contributed by atoms with Gasteiger partial charge >= 0.3 is 0 Å². The van der Waals surface area contributed by atoms with E-state index in [2.05, 4.69) is 10.5 Å². The Morgan fingerprint density at radius 2 is 1.71 bits per heavy atom. The Morgan fingerprint density at radius 3 is 2.50 bits per heavy atom. The molecule has 0 aliphatic rings. The first-order valence-corrected chi connectivity index (χ1v) is 9.41. The number of hydrogen-bond donors (Lipinski definition) is 1. The Balaban J connectivity index is 1.67. The first-order chi connectivity index (χ1) is 13.5. The average molecular weight is 434 g/mol. The molecule has 142 valence electrons. The van der Waals surface area contributed by atoms with Crippen molar-refractivity contribution < 1.29 is 9.53 Å². The SMILES string of the molecule is O=C(N/N=C\c1cccc(Cl)c1Cl)c1ccccc1OCc1ccc(Cl)cc1. The molecule has 3 aromatic carbocycles. The number of amides is 1. The molecule has 1 amide bonds. The lowest BCUT2D eigenvalue weighted by Crippen LogP contribution is -2.18. The van der Waals surface area contributed by atoms with Gasteiger partial charge in [-0.1, -0.05) is 71.2 Å². The molecule has 3 aromatic rings. The summed E-state index contributed by atoms with van der Waals surface area (Å²) in [5, 5.41) is 5.39. The van der Waals surface area contributed by atoms with Crippen LogP contribution in [0.4, 0.5) is 0 Å². The van der Waals surface area contributed by atoms with E-state index in [1.54, 1.807) is 54.6 Å². The number of hydrazone groups is 1. The minimum atomic E-state index is -0.402. The van der Waals surface area contributed by atoms with E-state index >= 15 is 0 Å². The highest BCUT2D eigenvalue weighted by Crippen LogP contribution is 2.24. The fourth-order valence-corrected chi connectivity index (χ4v) is 2.85. The second-order valence-electron chi connectivity index (χ2n) is 5.75. The van der Waals surface area contributed by atoms with Crippen molar-refractivity contribution in [3.63, 3.8) is 0 Å². The number of carbonyl (C=O) groups is 1. The van der Waals surface area contributed by atoms with Crippen LogP contribution in [0.2, 0.25) is 15.1 Å². The van der Waals surface area contributed by atoms with E-state index in [-0.39, 0.29) is 0 Å². The summed E-state index contributed by atoms with van der Waals surface area (Å²) in [5.74, 6) is 0.0482. The van der Waals surface area contributed by atoms with Gasteiger partial charge in [-0.15, -0.1) is 0 Å². The van der Waals surface area contributed by atoms with Crippen molar-refractivity contribution >= 4 is 46.9 Å². The van der Waals surface area contributed by atoms with Crippen LogP contribution < -0.4 is 10.2 Å². The second kappa shape index (κ2) is 9.60. The van der Waals surface area contributed by atoms with Crippen LogP contribution in [0.5, 0.6) is 5.75 Å². The van der Waals surface area contributed by atoms with Gasteiger partial charge in [0.2, 0.25) is 0 Å². The molecule has 0 saturated carbocycles. The third-order valence-corrected chi connectivity index (χ3v) is 4.88. The molecule has 3 rings (SSSR count). The molecule has 0 fully saturated rings. The minimum absolute atomic E-state index is 0.308. The summed E-state index contributed by atoms with van der Waals surface area (Å²) in [5.41, 5.74) is 4.37. The van der Waals surface area contributed by atoms with Crippen LogP contribution in [0.25, 0.3) is 0 Å². The largest absolute Gasteiger partial charge is 0.488 e. The van der Waals surface area contributed by atoms with E-state index in [4.69, 9.17) is 39.5 Å². The summed E-state index contributed by atoms with van der Waals surface area (Å²) in [4.78, 5) is 12.5. The van der Waals surface area contributed by atoms with Crippen LogP contribution in [0.1, 0.15) is 21.5 Å². The van der Waals surface area contributed by atoms with Gasteiger partial charge in [-0.25, -0.2) is 5.43 Å². The lowest BCUT2D eigenvalue weighted by molar-refractivity contribution is 0.0950. The number of para-hydroxylation sites is 1. The number of hydrogen-bond acceptors (Lipinski definition) is 3. The van der Waals surface area contributed by atoms with Crippen LogP contribution in [-0.2, 0) is 6.61 Å². The molecular weight excluding hydrogens is 419 g/mol. The van der Waals surface area contributed by atoms with Gasteiger partial charge in [-0.3, -0.25) is 4.79 Å². The number of ether oxygens (including phenoxy) is 1. The van der Waals surface area contributed by atoms with E-state index in [0.717, 1.165) is 5.56 Å². The monoisotopic (exact) mass is 432 g/mol. The molecular formula is C21H15Cl3N2O2. The maximum Gasteiger partial charge on any atom is 0.275 e. The van der Waals surface area contributed by atoms with Crippen molar-refractivity contribution in [2.75, 3.05) is 0 Å². The normalized spacial score (nSPS) is 10.8. The van der Waals surface area contributed by atoms with E-state index in [9.17, 15) is 4.79 Å². The fourth-order valence-electron chi connectivity index (χ4n) is 2.36. The van der Waals surface area contributed by atoms with Crippen LogP contribution in [0.3, 0.4) is 0 Å². The highest BCUT2D eigenvalue weighted by Gasteiger charge is 2.11. The van der Waals surface area contributed by atoms with Crippen molar-refractivity contribution in [3.8, 4) is 5.75 Å². The second-order valence-corrected chi connectivity index (χ2v) is 6.98. The van der Waals surface area contributed by atoms with Gasteiger partial charge < -0.3 is 4.74 Å². The summed E-state index contributed by atoms with van der Waals surface area (Å²) < 4.78 is 5.79. The molecule has 0 aliphatic heterocycles. The summed E-state index contributed by atoms with van der Waals surface area (Å²) in [6.07, 6.45) is 1.43. The van der Waals surface area contributed by atoms with Crippen LogP contribution in [0.15, 0.2) is 71.8 Å². The molecule has 28 heavy (non-hydrogen) atoms. The van der Waals surface area contributed by atoms with Gasteiger partial charge in [0, 0.05) is 10.6 Å². The molecule has 7 heteroatoms. The molecule has 4 nitrogen and oxygen atoms in total. The molecule has 0 radical (unpaired) electrons. The summed E-state index contributed by atoms with van der Waals surface area (Å²) in [7, 11) is 0. The van der Waals surface area contributed by atoms with Gasteiger partial charge in [-0.2, -0.15) is 5.10 Å². The molecule has 0 unspecified atom stereocenters. The van der Waals surface area contributed by atoms with Gasteiger partial charge in [-0.05, 0) is 35.9 Å². The van der Waals surface area contributed by atoms with Gasteiger partial charge in [0.05, 0.1) is 21.8 Å². The van der Waals surface area contributed by atoms with Gasteiger partial charge in [0.1, 0.15) is 12.4 Å². The van der Waals surface area contributed by atoms with Crippen molar-refractivity contribution in [1.82, 2.24) is 5.43 Å². The van der Waals surface area contributed by atoms with Gasteiger partial charge in [0.15, 0.2) is 0 Å². The van der Waals surface area contributed by atoms with E-state index in [1.165, 1.54) is 6.21 Å². The number of carbonyl (C=O) groups excluding carboxylic acids is 1. The summed E-state index contributed by atoms with van der Waals surface area (Å²) >= 11 is 17.9. The number of benzene rings is 3. The average Bonchev–Trinajstić information content (AvgIpc) is 2.71. The van der Waals surface area contributed by atoms with Crippen LogP contribution in [0, 0.1) is 0 Å². The van der Waals surface area contributed by atoms with Crippen LogP contribution >= 0.6 is 34.8 Å². The van der Waals surface area contributed by atoms with Crippen LogP contribution in [-0.4, -0.2) is 12.1 Å². The third-order valence-electron chi connectivity index (χ3n) is 3.79. The Morgan fingerprint density at radius 1 is 0.964 bits per heavy atom. The van der Waals surface area contributed by atoms with Crippen molar-refractivity contribution in [3.05, 3.63) is 98.5 Å². The fraction of sp³-hybridized carbons (Fsp3) is 0.0476. The lowest BCUT2D eigenvalue weighted by Gasteiger charge is -2.10. The Bertz CT molecular complexity index is 1000. The zero-order valence-corrected chi connectivity index (χ0v) is 16.8. The molecule has 0 heterocycles. The number of rotatable bonds is 6. The number of halogens is 3. The minimum Gasteiger partial charge on any atom is -0.488 e. The van der Waals surface area contributed by atoms with E-state index in [0.29, 0.717) is 38.6 Å². The Labute approximate surface area is 177 Å². The molecule has 0 bridgehead atoms. The molecule has 0 atom stereocenters. The topological polar surface area (TPSA) is 50.7 Å². The first-order valence-electron chi connectivity index (χ1n) is 8.28. The van der Waals surface area contributed by atoms with E-state index < -0.39 is 5.91 Å². The highest BCUT2D eigenvalue weighted by atomic mass is 35.5. The van der Waals surface area contributed by atoms with Crippen molar-refractivity contribution in [2.45, 2.75) is 6.61 Å². The maximum absolute atomic E-state index is 12.5. The predicted octanol–water partition coefficient (Wildman–Crippen LogP) is 5.99. The number of nitrogens with one attached hydrogen (secondary N) is 1. The molecule has 0 aromatic heterocycles. The number of nitrogens with zero attached hydrogens (tertiary/aromatic N) is 1. The van der Waals surface area contributed by atoms with Crippen molar-refractivity contribution in [2.24, 2.45) is 5.10 Å². The first kappa shape index (κ1) is 20.2. The molecule has 0 spiro atoms. The zero-order chi connectivity index (χ0) is 19.9. The third kappa shape index (κ3) is 5.26. The van der Waals surface area contributed by atoms with Gasteiger partial charge in [0.25, 0.3) is 5.91 Å². The van der Waals surface area contributed by atoms with Crippen molar-refractivity contribution in [1.29, 1.82) is 0 Å². The summed E-state index contributed by atoms with van der Waals surface area (Å²) in [6, 6.07) is 19.4. The smallest absolute Gasteiger partial charge is 0.275 e.